The van der Waals surface area contributed by atoms with Crippen molar-refractivity contribution in [2.24, 2.45) is 4.99 Å². The van der Waals surface area contributed by atoms with Crippen molar-refractivity contribution >= 4 is 41.3 Å². The van der Waals surface area contributed by atoms with Crippen molar-refractivity contribution in [1.82, 2.24) is 25.4 Å². The summed E-state index contributed by atoms with van der Waals surface area (Å²) in [4.78, 5) is 8.87. The maximum Gasteiger partial charge on any atom is 0.191 e. The first-order valence-electron chi connectivity index (χ1n) is 9.24. The van der Waals surface area contributed by atoms with Gasteiger partial charge in [0.25, 0.3) is 0 Å². The van der Waals surface area contributed by atoms with Crippen LogP contribution >= 0.6 is 35.3 Å². The van der Waals surface area contributed by atoms with Gasteiger partial charge < -0.3 is 10.6 Å². The Balaban J connectivity index is 0.00000300. The summed E-state index contributed by atoms with van der Waals surface area (Å²) in [5.41, 5.74) is 2.91. The van der Waals surface area contributed by atoms with Crippen LogP contribution in [0.3, 0.4) is 0 Å². The predicted molar refractivity (Wildman–Crippen MR) is 127 cm³/mol. The quantitative estimate of drug-likeness (QED) is 0.275. The molecule has 0 bridgehead atoms. The van der Waals surface area contributed by atoms with Crippen molar-refractivity contribution in [3.8, 4) is 5.69 Å². The Bertz CT molecular complexity index is 919. The molecule has 0 unspecified atom stereocenters. The Morgan fingerprint density at radius 3 is 2.62 bits per heavy atom. The second-order valence-corrected chi connectivity index (χ2v) is 7.59. The number of halogens is 2. The second-order valence-electron chi connectivity index (χ2n) is 6.65. The van der Waals surface area contributed by atoms with E-state index in [2.05, 4.69) is 44.9 Å². The maximum absolute atomic E-state index is 13.0. The van der Waals surface area contributed by atoms with Crippen molar-refractivity contribution < 1.29 is 4.39 Å². The molecule has 9 heteroatoms. The molecule has 1 aromatic carbocycles. The summed E-state index contributed by atoms with van der Waals surface area (Å²) in [6.45, 7) is 5.64. The van der Waals surface area contributed by atoms with Crippen LogP contribution in [0.2, 0.25) is 0 Å². The Morgan fingerprint density at radius 2 is 1.97 bits per heavy atom. The molecule has 2 heterocycles. The number of thiazole rings is 1. The lowest BCUT2D eigenvalue weighted by Gasteiger charge is -2.10. The third-order valence-electron chi connectivity index (χ3n) is 4.20. The number of nitrogens with one attached hydrogen (secondary N) is 2. The summed E-state index contributed by atoms with van der Waals surface area (Å²) in [5.74, 6) is 0.925. The highest BCUT2D eigenvalue weighted by Crippen LogP contribution is 2.17. The highest BCUT2D eigenvalue weighted by atomic mass is 127. The number of aromatic nitrogens is 3. The fraction of sp³-hybridized carbons (Fsp3) is 0.350. The average molecular weight is 528 g/mol. The van der Waals surface area contributed by atoms with Crippen molar-refractivity contribution in [1.29, 1.82) is 0 Å². The minimum Gasteiger partial charge on any atom is -0.356 e. The second kappa shape index (κ2) is 11.2. The lowest BCUT2D eigenvalue weighted by Crippen LogP contribution is -2.37. The van der Waals surface area contributed by atoms with Crippen molar-refractivity contribution in [2.75, 3.05) is 13.6 Å². The van der Waals surface area contributed by atoms with Crippen LogP contribution in [-0.2, 0) is 13.0 Å². The van der Waals surface area contributed by atoms with E-state index in [0.29, 0.717) is 19.0 Å². The molecule has 0 radical (unpaired) electrons. The number of hydrogen-bond donors (Lipinski definition) is 2. The zero-order chi connectivity index (χ0) is 19.9. The summed E-state index contributed by atoms with van der Waals surface area (Å²) >= 11 is 1.66. The van der Waals surface area contributed by atoms with Gasteiger partial charge in [-0.05, 0) is 36.2 Å². The molecule has 0 atom stereocenters. The topological polar surface area (TPSA) is 67.1 Å². The molecule has 6 nitrogen and oxygen atoms in total. The summed E-state index contributed by atoms with van der Waals surface area (Å²) in [6.07, 6.45) is 2.63. The summed E-state index contributed by atoms with van der Waals surface area (Å²) in [5, 5.41) is 14.3. The van der Waals surface area contributed by atoms with Gasteiger partial charge in [0.15, 0.2) is 5.96 Å². The van der Waals surface area contributed by atoms with E-state index >= 15 is 0 Å². The zero-order valence-electron chi connectivity index (χ0n) is 16.7. The van der Waals surface area contributed by atoms with Crippen LogP contribution in [0.4, 0.5) is 4.39 Å². The van der Waals surface area contributed by atoms with Crippen LogP contribution in [0.1, 0.15) is 36.2 Å². The first-order valence-corrected chi connectivity index (χ1v) is 10.1. The van der Waals surface area contributed by atoms with Crippen LogP contribution in [0, 0.1) is 5.82 Å². The number of aliphatic imine (C=N–C) groups is 1. The first-order chi connectivity index (χ1) is 13.5. The van der Waals surface area contributed by atoms with E-state index in [0.717, 1.165) is 34.5 Å². The summed E-state index contributed by atoms with van der Waals surface area (Å²) < 4.78 is 14.8. The molecule has 3 aromatic rings. The first kappa shape index (κ1) is 23.3. The molecule has 0 saturated heterocycles. The highest BCUT2D eigenvalue weighted by molar-refractivity contribution is 14.0. The van der Waals surface area contributed by atoms with Crippen LogP contribution in [0.5, 0.6) is 0 Å². The molecular formula is C20H26FIN6S. The zero-order valence-corrected chi connectivity index (χ0v) is 19.9. The molecular weight excluding hydrogens is 502 g/mol. The molecule has 0 spiro atoms. The molecule has 156 valence electrons. The SMILES string of the molecule is CN=C(NCCc1ccn(-c2ccc(F)cc2)n1)NCc1nc(C(C)C)cs1.I. The average Bonchev–Trinajstić information content (AvgIpc) is 3.35. The van der Waals surface area contributed by atoms with Crippen LogP contribution < -0.4 is 10.6 Å². The van der Waals surface area contributed by atoms with E-state index in [1.807, 2.05) is 12.3 Å². The fourth-order valence-corrected chi connectivity index (χ4v) is 3.49. The Morgan fingerprint density at radius 1 is 1.21 bits per heavy atom. The maximum atomic E-state index is 13.0. The van der Waals surface area contributed by atoms with Crippen molar-refractivity contribution in [2.45, 2.75) is 32.7 Å². The number of guanidine groups is 1. The van der Waals surface area contributed by atoms with E-state index in [-0.39, 0.29) is 29.8 Å². The van der Waals surface area contributed by atoms with E-state index in [9.17, 15) is 4.39 Å². The van der Waals surface area contributed by atoms with Gasteiger partial charge in [0, 0.05) is 31.6 Å². The Kier molecular flexibility index (Phi) is 9.02. The molecule has 0 saturated carbocycles. The minimum absolute atomic E-state index is 0. The van der Waals surface area contributed by atoms with Gasteiger partial charge in [-0.3, -0.25) is 4.99 Å². The number of hydrogen-bond acceptors (Lipinski definition) is 4. The number of rotatable bonds is 7. The Labute approximate surface area is 191 Å². The van der Waals surface area contributed by atoms with Crippen LogP contribution in [-0.4, -0.2) is 34.3 Å². The van der Waals surface area contributed by atoms with Gasteiger partial charge in [0.2, 0.25) is 0 Å². The van der Waals surface area contributed by atoms with Crippen LogP contribution in [0.25, 0.3) is 5.69 Å². The standard InChI is InChI=1S/C20H25FN6S.HI/c1-14(2)18-13-28-19(25-18)12-24-20(22-3)23-10-8-16-9-11-27(26-16)17-6-4-15(21)5-7-17;/h4-7,9,11,13-14H,8,10,12H2,1-3H3,(H2,22,23,24);1H. The number of benzene rings is 1. The molecule has 0 aliphatic carbocycles. The summed E-state index contributed by atoms with van der Waals surface area (Å²) in [7, 11) is 1.75. The largest absolute Gasteiger partial charge is 0.356 e. The normalized spacial score (nSPS) is 11.4. The van der Waals surface area contributed by atoms with Gasteiger partial charge in [-0.25, -0.2) is 14.1 Å². The van der Waals surface area contributed by atoms with Gasteiger partial charge in [0.1, 0.15) is 10.8 Å². The lowest BCUT2D eigenvalue weighted by molar-refractivity contribution is 0.627. The molecule has 29 heavy (non-hydrogen) atoms. The van der Waals surface area contributed by atoms with Crippen molar-refractivity contribution in [3.05, 3.63) is 64.1 Å². The molecule has 0 amide bonds. The van der Waals surface area contributed by atoms with Crippen LogP contribution in [0.15, 0.2) is 46.9 Å². The molecule has 0 fully saturated rings. The predicted octanol–water partition coefficient (Wildman–Crippen LogP) is 4.12. The van der Waals surface area contributed by atoms with Gasteiger partial charge in [0.05, 0.1) is 23.6 Å². The van der Waals surface area contributed by atoms with E-state index in [1.165, 1.54) is 12.1 Å². The van der Waals surface area contributed by atoms with Gasteiger partial charge >= 0.3 is 0 Å². The van der Waals surface area contributed by atoms with Gasteiger partial charge in [-0.1, -0.05) is 13.8 Å². The fourth-order valence-electron chi connectivity index (χ4n) is 2.59. The van der Waals surface area contributed by atoms with E-state index in [1.54, 1.807) is 35.2 Å². The van der Waals surface area contributed by atoms with Gasteiger partial charge in [-0.15, -0.1) is 35.3 Å². The molecule has 0 aliphatic heterocycles. The monoisotopic (exact) mass is 528 g/mol. The van der Waals surface area contributed by atoms with E-state index in [4.69, 9.17) is 0 Å². The molecule has 2 N–H and O–H groups in total. The van der Waals surface area contributed by atoms with Crippen molar-refractivity contribution in [3.63, 3.8) is 0 Å². The smallest absolute Gasteiger partial charge is 0.191 e. The van der Waals surface area contributed by atoms with Gasteiger partial charge in [-0.2, -0.15) is 5.10 Å². The van der Waals surface area contributed by atoms with E-state index < -0.39 is 0 Å². The molecule has 0 aliphatic rings. The third kappa shape index (κ3) is 6.77. The Hall–Kier alpha value is -2.01. The molecule has 3 rings (SSSR count). The highest BCUT2D eigenvalue weighted by Gasteiger charge is 2.07. The minimum atomic E-state index is -0.252. The molecule has 2 aromatic heterocycles. The third-order valence-corrected chi connectivity index (χ3v) is 5.07. The summed E-state index contributed by atoms with van der Waals surface area (Å²) in [6, 6.07) is 8.24. The number of nitrogens with zero attached hydrogens (tertiary/aromatic N) is 4. The lowest BCUT2D eigenvalue weighted by atomic mass is 10.2.